The minimum Gasteiger partial charge on any atom is -0.314 e. The smallest absolute Gasteiger partial charge is 0.00767 e. The van der Waals surface area contributed by atoms with Gasteiger partial charge in [-0.3, -0.25) is 0 Å². The van der Waals surface area contributed by atoms with Crippen molar-refractivity contribution in [3.63, 3.8) is 0 Å². The van der Waals surface area contributed by atoms with Gasteiger partial charge in [0.1, 0.15) is 0 Å². The molecule has 1 heterocycles. The maximum atomic E-state index is 3.69. The summed E-state index contributed by atoms with van der Waals surface area (Å²) in [5, 5.41) is 3.69. The van der Waals surface area contributed by atoms with Crippen LogP contribution >= 0.6 is 0 Å². The summed E-state index contributed by atoms with van der Waals surface area (Å²) in [6, 6.07) is 1.50. The van der Waals surface area contributed by atoms with Crippen LogP contribution in [0.1, 0.15) is 53.4 Å². The first-order chi connectivity index (χ1) is 7.67. The van der Waals surface area contributed by atoms with Crippen LogP contribution in [-0.4, -0.2) is 36.6 Å². The van der Waals surface area contributed by atoms with Gasteiger partial charge in [0.2, 0.25) is 0 Å². The second kappa shape index (κ2) is 7.29. The number of rotatable bonds is 4. The van der Waals surface area contributed by atoms with Crippen LogP contribution in [0.4, 0.5) is 0 Å². The summed E-state index contributed by atoms with van der Waals surface area (Å²) >= 11 is 0. The highest BCUT2D eigenvalue weighted by Crippen LogP contribution is 2.14. The van der Waals surface area contributed by atoms with E-state index >= 15 is 0 Å². The SMILES string of the molecule is CCCC(C)N1CCC(CC)NCC(C)C1. The molecule has 0 saturated carbocycles. The summed E-state index contributed by atoms with van der Waals surface area (Å²) in [6.45, 7) is 13.1. The zero-order chi connectivity index (χ0) is 12.0. The van der Waals surface area contributed by atoms with Gasteiger partial charge in [-0.25, -0.2) is 0 Å². The summed E-state index contributed by atoms with van der Waals surface area (Å²) < 4.78 is 0. The molecule has 1 aliphatic rings. The molecule has 0 radical (unpaired) electrons. The Morgan fingerprint density at radius 3 is 2.75 bits per heavy atom. The summed E-state index contributed by atoms with van der Waals surface area (Å²) in [5.41, 5.74) is 0. The first-order valence-electron chi connectivity index (χ1n) is 7.14. The van der Waals surface area contributed by atoms with E-state index in [4.69, 9.17) is 0 Å². The number of nitrogens with zero attached hydrogens (tertiary/aromatic N) is 1. The molecule has 0 bridgehead atoms. The summed E-state index contributed by atoms with van der Waals surface area (Å²) in [4.78, 5) is 2.71. The molecule has 1 aliphatic heterocycles. The molecule has 1 N–H and O–H groups in total. The topological polar surface area (TPSA) is 15.3 Å². The Morgan fingerprint density at radius 2 is 2.12 bits per heavy atom. The molecule has 2 heteroatoms. The van der Waals surface area contributed by atoms with Crippen molar-refractivity contribution in [1.82, 2.24) is 10.2 Å². The normalized spacial score (nSPS) is 30.8. The largest absolute Gasteiger partial charge is 0.314 e. The van der Waals surface area contributed by atoms with Gasteiger partial charge in [-0.1, -0.05) is 27.2 Å². The van der Waals surface area contributed by atoms with Crippen molar-refractivity contribution in [1.29, 1.82) is 0 Å². The van der Waals surface area contributed by atoms with Crippen molar-refractivity contribution in [3.05, 3.63) is 0 Å². The molecule has 2 nitrogen and oxygen atoms in total. The average molecular weight is 226 g/mol. The van der Waals surface area contributed by atoms with E-state index in [0.717, 1.165) is 18.0 Å². The molecule has 0 aromatic carbocycles. The lowest BCUT2D eigenvalue weighted by atomic mass is 10.0. The van der Waals surface area contributed by atoms with Crippen molar-refractivity contribution in [2.45, 2.75) is 65.5 Å². The van der Waals surface area contributed by atoms with E-state index in [1.807, 2.05) is 0 Å². The highest BCUT2D eigenvalue weighted by atomic mass is 15.2. The zero-order valence-electron chi connectivity index (χ0n) is 11.6. The van der Waals surface area contributed by atoms with Gasteiger partial charge in [0.05, 0.1) is 0 Å². The lowest BCUT2D eigenvalue weighted by molar-refractivity contribution is 0.146. The fourth-order valence-electron chi connectivity index (χ4n) is 2.70. The van der Waals surface area contributed by atoms with Crippen molar-refractivity contribution >= 4 is 0 Å². The first kappa shape index (κ1) is 14.0. The van der Waals surface area contributed by atoms with Crippen LogP contribution in [0.25, 0.3) is 0 Å². The molecule has 0 aromatic heterocycles. The fraction of sp³-hybridized carbons (Fsp3) is 1.00. The molecule has 0 spiro atoms. The van der Waals surface area contributed by atoms with E-state index in [1.165, 1.54) is 45.3 Å². The molecule has 0 amide bonds. The molecule has 3 atom stereocenters. The van der Waals surface area contributed by atoms with E-state index < -0.39 is 0 Å². The third kappa shape index (κ3) is 4.42. The summed E-state index contributed by atoms with van der Waals surface area (Å²) in [5.74, 6) is 0.786. The van der Waals surface area contributed by atoms with Gasteiger partial charge in [0.15, 0.2) is 0 Å². The molecule has 1 fully saturated rings. The van der Waals surface area contributed by atoms with Crippen molar-refractivity contribution in [2.75, 3.05) is 19.6 Å². The van der Waals surface area contributed by atoms with Gasteiger partial charge in [0, 0.05) is 18.6 Å². The van der Waals surface area contributed by atoms with Gasteiger partial charge in [-0.05, 0) is 45.2 Å². The Balaban J connectivity index is 2.48. The molecule has 1 rings (SSSR count). The van der Waals surface area contributed by atoms with Crippen molar-refractivity contribution in [3.8, 4) is 0 Å². The Labute approximate surface area is 102 Å². The Kier molecular flexibility index (Phi) is 6.37. The van der Waals surface area contributed by atoms with Gasteiger partial charge in [-0.2, -0.15) is 0 Å². The van der Waals surface area contributed by atoms with E-state index in [1.54, 1.807) is 0 Å². The number of hydrogen-bond donors (Lipinski definition) is 1. The number of hydrogen-bond acceptors (Lipinski definition) is 2. The van der Waals surface area contributed by atoms with E-state index in [2.05, 4.69) is 37.9 Å². The minimum absolute atomic E-state index is 0.735. The Hall–Kier alpha value is -0.0800. The predicted octanol–water partition coefficient (Wildman–Crippen LogP) is 2.89. The van der Waals surface area contributed by atoms with E-state index in [9.17, 15) is 0 Å². The lowest BCUT2D eigenvalue weighted by Crippen LogP contribution is -2.46. The lowest BCUT2D eigenvalue weighted by Gasteiger charge is -2.35. The third-order valence-electron chi connectivity index (χ3n) is 3.89. The van der Waals surface area contributed by atoms with Gasteiger partial charge in [-0.15, -0.1) is 0 Å². The molecule has 96 valence electrons. The molecule has 0 aromatic rings. The van der Waals surface area contributed by atoms with Gasteiger partial charge < -0.3 is 10.2 Å². The van der Waals surface area contributed by atoms with E-state index in [-0.39, 0.29) is 0 Å². The fourth-order valence-corrected chi connectivity index (χ4v) is 2.70. The van der Waals surface area contributed by atoms with Crippen LogP contribution in [0.3, 0.4) is 0 Å². The molecular weight excluding hydrogens is 196 g/mol. The van der Waals surface area contributed by atoms with Gasteiger partial charge in [0.25, 0.3) is 0 Å². The molecular formula is C14H30N2. The first-order valence-corrected chi connectivity index (χ1v) is 7.14. The van der Waals surface area contributed by atoms with E-state index in [0.29, 0.717) is 0 Å². The van der Waals surface area contributed by atoms with Gasteiger partial charge >= 0.3 is 0 Å². The molecule has 16 heavy (non-hydrogen) atoms. The average Bonchev–Trinajstić information content (AvgIpc) is 2.24. The second-order valence-electron chi connectivity index (χ2n) is 5.54. The Bertz CT molecular complexity index is 182. The molecule has 0 aliphatic carbocycles. The van der Waals surface area contributed by atoms with Crippen LogP contribution in [0, 0.1) is 5.92 Å². The highest BCUT2D eigenvalue weighted by molar-refractivity contribution is 4.78. The van der Waals surface area contributed by atoms with Crippen LogP contribution in [0.2, 0.25) is 0 Å². The minimum atomic E-state index is 0.735. The van der Waals surface area contributed by atoms with Crippen LogP contribution in [-0.2, 0) is 0 Å². The quantitative estimate of drug-likeness (QED) is 0.793. The predicted molar refractivity (Wildman–Crippen MR) is 71.8 cm³/mol. The molecule has 1 saturated heterocycles. The van der Waals surface area contributed by atoms with Crippen LogP contribution < -0.4 is 5.32 Å². The molecule has 3 unspecified atom stereocenters. The standard InChI is InChI=1S/C14H30N2/c1-5-7-13(4)16-9-8-14(6-2)15-10-12(3)11-16/h12-15H,5-11H2,1-4H3. The maximum absolute atomic E-state index is 3.69. The van der Waals surface area contributed by atoms with Crippen LogP contribution in [0.15, 0.2) is 0 Å². The maximum Gasteiger partial charge on any atom is 0.00767 e. The number of nitrogens with one attached hydrogen (secondary N) is 1. The van der Waals surface area contributed by atoms with Crippen molar-refractivity contribution in [2.24, 2.45) is 5.92 Å². The highest BCUT2D eigenvalue weighted by Gasteiger charge is 2.20. The monoisotopic (exact) mass is 226 g/mol. The summed E-state index contributed by atoms with van der Waals surface area (Å²) in [6.07, 6.45) is 5.23. The Morgan fingerprint density at radius 1 is 1.38 bits per heavy atom. The van der Waals surface area contributed by atoms with Crippen molar-refractivity contribution < 1.29 is 0 Å². The zero-order valence-corrected chi connectivity index (χ0v) is 11.6. The summed E-state index contributed by atoms with van der Waals surface area (Å²) in [7, 11) is 0. The second-order valence-corrected chi connectivity index (χ2v) is 5.54. The third-order valence-corrected chi connectivity index (χ3v) is 3.89. The van der Waals surface area contributed by atoms with Crippen LogP contribution in [0.5, 0.6) is 0 Å².